The van der Waals surface area contributed by atoms with Crippen molar-refractivity contribution in [3.63, 3.8) is 0 Å². The molecule has 1 aliphatic carbocycles. The Morgan fingerprint density at radius 1 is 1.07 bits per heavy atom. The number of hydrogen-bond acceptors (Lipinski definition) is 5. The molecule has 3 saturated heterocycles. The van der Waals surface area contributed by atoms with E-state index in [1.165, 1.54) is 6.07 Å². The van der Waals surface area contributed by atoms with Gasteiger partial charge >= 0.3 is 0 Å². The highest BCUT2D eigenvalue weighted by atomic mass is 32.2. The molecule has 0 aromatic heterocycles. The van der Waals surface area contributed by atoms with Crippen LogP contribution in [0.4, 0.5) is 8.78 Å². The Kier molecular flexibility index (Phi) is 5.38. The van der Waals surface area contributed by atoms with E-state index >= 15 is 0 Å². The van der Waals surface area contributed by atoms with Gasteiger partial charge in [0.1, 0.15) is 17.7 Å². The Morgan fingerprint density at radius 3 is 2.57 bits per heavy atom. The van der Waals surface area contributed by atoms with Crippen LogP contribution in [-0.4, -0.2) is 67.7 Å². The summed E-state index contributed by atoms with van der Waals surface area (Å²) >= 11 is 0. The second kappa shape index (κ2) is 7.78. The maximum atomic E-state index is 14.2. The highest BCUT2D eigenvalue weighted by molar-refractivity contribution is 7.90. The van der Waals surface area contributed by atoms with Gasteiger partial charge in [0.2, 0.25) is 10.0 Å². The van der Waals surface area contributed by atoms with Crippen LogP contribution in [0, 0.1) is 23.5 Å². The van der Waals surface area contributed by atoms with Gasteiger partial charge in [-0.1, -0.05) is 0 Å². The van der Waals surface area contributed by atoms with Crippen LogP contribution in [0.2, 0.25) is 0 Å². The van der Waals surface area contributed by atoms with Gasteiger partial charge in [-0.2, -0.15) is 0 Å². The zero-order chi connectivity index (χ0) is 21.0. The zero-order valence-corrected chi connectivity index (χ0v) is 17.7. The summed E-state index contributed by atoms with van der Waals surface area (Å²) in [5.41, 5.74) is 6.50. The monoisotopic (exact) mass is 441 g/mol. The number of halogens is 2. The predicted octanol–water partition coefficient (Wildman–Crippen LogP) is 1.87. The van der Waals surface area contributed by atoms with Crippen molar-refractivity contribution in [1.82, 2.24) is 9.21 Å². The molecule has 166 valence electrons. The highest BCUT2D eigenvalue weighted by Crippen LogP contribution is 2.39. The minimum atomic E-state index is -3.12. The van der Waals surface area contributed by atoms with Crippen molar-refractivity contribution in [2.75, 3.05) is 32.8 Å². The Labute approximate surface area is 176 Å². The van der Waals surface area contributed by atoms with Gasteiger partial charge in [0.05, 0.1) is 11.9 Å². The summed E-state index contributed by atoms with van der Waals surface area (Å²) in [7, 11) is -3.12. The smallest absolute Gasteiger partial charge is 0.217 e. The van der Waals surface area contributed by atoms with Gasteiger partial charge in [-0.25, -0.2) is 21.5 Å². The average Bonchev–Trinajstić information content (AvgIpc) is 3.49. The van der Waals surface area contributed by atoms with Gasteiger partial charge in [-0.15, -0.1) is 0 Å². The number of piperidine rings is 1. The van der Waals surface area contributed by atoms with E-state index in [2.05, 4.69) is 4.90 Å². The summed E-state index contributed by atoms with van der Waals surface area (Å²) in [6.45, 7) is 3.39. The first kappa shape index (κ1) is 20.8. The van der Waals surface area contributed by atoms with E-state index in [1.54, 1.807) is 4.31 Å². The van der Waals surface area contributed by atoms with Gasteiger partial charge in [0, 0.05) is 37.3 Å². The molecule has 1 saturated carbocycles. The van der Waals surface area contributed by atoms with Crippen LogP contribution in [0.5, 0.6) is 0 Å². The maximum absolute atomic E-state index is 14.2. The van der Waals surface area contributed by atoms with Crippen molar-refractivity contribution >= 4 is 10.0 Å². The summed E-state index contributed by atoms with van der Waals surface area (Å²) < 4.78 is 60.6. The second-order valence-electron chi connectivity index (χ2n) is 9.34. The third kappa shape index (κ3) is 3.79. The van der Waals surface area contributed by atoms with Crippen molar-refractivity contribution in [3.05, 3.63) is 35.4 Å². The van der Waals surface area contributed by atoms with Gasteiger partial charge in [-0.05, 0) is 62.3 Å². The largest absolute Gasteiger partial charge is 0.370 e. The van der Waals surface area contributed by atoms with Gasteiger partial charge < -0.3 is 10.5 Å². The van der Waals surface area contributed by atoms with Crippen LogP contribution < -0.4 is 5.73 Å². The minimum Gasteiger partial charge on any atom is -0.370 e. The molecule has 4 aliphatic rings. The van der Waals surface area contributed by atoms with Crippen LogP contribution >= 0.6 is 0 Å². The molecule has 6 nitrogen and oxygen atoms in total. The number of nitrogens with two attached hydrogens (primary N) is 1. The van der Waals surface area contributed by atoms with E-state index in [9.17, 15) is 17.2 Å². The lowest BCUT2D eigenvalue weighted by molar-refractivity contribution is -0.0616. The topological polar surface area (TPSA) is 75.9 Å². The lowest BCUT2D eigenvalue weighted by Crippen LogP contribution is -2.53. The Balaban J connectivity index is 1.21. The quantitative estimate of drug-likeness (QED) is 0.772. The van der Waals surface area contributed by atoms with Crippen molar-refractivity contribution in [3.8, 4) is 0 Å². The Bertz CT molecular complexity index is 911. The number of fused-ring (bicyclic) bond motifs is 1. The molecule has 0 radical (unpaired) electrons. The van der Waals surface area contributed by atoms with E-state index in [4.69, 9.17) is 10.5 Å². The normalized spacial score (nSPS) is 36.0. The second-order valence-corrected chi connectivity index (χ2v) is 11.6. The average molecular weight is 442 g/mol. The lowest BCUT2D eigenvalue weighted by Gasteiger charge is -2.44. The van der Waals surface area contributed by atoms with E-state index in [0.717, 1.165) is 44.5 Å². The first-order chi connectivity index (χ1) is 14.3. The molecule has 1 aromatic rings. The number of benzene rings is 1. The molecular formula is C21H29F2N3O3S. The number of sulfonamides is 1. The molecule has 9 heteroatoms. The van der Waals surface area contributed by atoms with E-state index < -0.39 is 33.8 Å². The molecule has 2 N–H and O–H groups in total. The van der Waals surface area contributed by atoms with Crippen LogP contribution in [0.1, 0.15) is 37.4 Å². The van der Waals surface area contributed by atoms with Crippen LogP contribution in [0.15, 0.2) is 18.2 Å². The lowest BCUT2D eigenvalue weighted by atomic mass is 9.86. The highest BCUT2D eigenvalue weighted by Gasteiger charge is 2.48. The molecule has 5 unspecified atom stereocenters. The third-order valence-electron chi connectivity index (χ3n) is 7.29. The predicted molar refractivity (Wildman–Crippen MR) is 108 cm³/mol. The summed E-state index contributed by atoms with van der Waals surface area (Å²) in [5, 5.41) is -0.154. The molecule has 5 atom stereocenters. The fraction of sp³-hybridized carbons (Fsp3) is 0.714. The van der Waals surface area contributed by atoms with Gasteiger partial charge in [0.15, 0.2) is 0 Å². The number of rotatable bonds is 4. The molecule has 4 fully saturated rings. The van der Waals surface area contributed by atoms with Crippen LogP contribution in [-0.2, 0) is 14.8 Å². The standard InChI is InChI=1S/C21H29F2N3O3S/c22-15-1-4-19(23)18(7-15)21-20(24)8-16(12-29-21)25-6-5-13-10-26(11-14(13)9-25)30(27,28)17-2-3-17/h1,4,7,13-14,16-17,20-21H,2-3,5-6,8-12,24H2. The van der Waals surface area contributed by atoms with Crippen molar-refractivity contribution in [2.45, 2.75) is 49.1 Å². The van der Waals surface area contributed by atoms with Crippen molar-refractivity contribution < 1.29 is 21.9 Å². The number of ether oxygens (including phenoxy) is 1. The maximum Gasteiger partial charge on any atom is 0.217 e. The number of likely N-dealkylation sites (tertiary alicyclic amines) is 1. The molecule has 3 heterocycles. The Morgan fingerprint density at radius 2 is 1.83 bits per heavy atom. The number of hydrogen-bond donors (Lipinski definition) is 1. The van der Waals surface area contributed by atoms with Gasteiger partial charge in [0.25, 0.3) is 0 Å². The summed E-state index contributed by atoms with van der Waals surface area (Å²) in [4.78, 5) is 2.35. The Hall–Kier alpha value is -1.13. The molecule has 1 aromatic carbocycles. The molecule has 0 amide bonds. The van der Waals surface area contributed by atoms with E-state index in [-0.39, 0.29) is 16.9 Å². The fourth-order valence-corrected chi connectivity index (χ4v) is 7.37. The van der Waals surface area contributed by atoms with Crippen LogP contribution in [0.25, 0.3) is 0 Å². The SMILES string of the molecule is NC1CC(N2CCC3CN(S(=O)(=O)C4CC4)CC3C2)COC1c1cc(F)ccc1F. The first-order valence-electron chi connectivity index (χ1n) is 10.9. The number of nitrogens with zero attached hydrogens (tertiary/aromatic N) is 2. The van der Waals surface area contributed by atoms with E-state index in [0.29, 0.717) is 38.0 Å². The van der Waals surface area contributed by atoms with E-state index in [1.807, 2.05) is 0 Å². The van der Waals surface area contributed by atoms with Gasteiger partial charge in [-0.3, -0.25) is 4.90 Å². The molecule has 0 bridgehead atoms. The fourth-order valence-electron chi connectivity index (χ4n) is 5.42. The molecule has 5 rings (SSSR count). The third-order valence-corrected chi connectivity index (χ3v) is 9.62. The summed E-state index contributed by atoms with van der Waals surface area (Å²) in [6.07, 6.45) is 2.55. The molecule has 30 heavy (non-hydrogen) atoms. The van der Waals surface area contributed by atoms with Crippen molar-refractivity contribution in [1.29, 1.82) is 0 Å². The molecule has 3 aliphatic heterocycles. The molecular weight excluding hydrogens is 412 g/mol. The summed E-state index contributed by atoms with van der Waals surface area (Å²) in [5.74, 6) is -0.249. The minimum absolute atomic E-state index is 0.114. The van der Waals surface area contributed by atoms with Crippen molar-refractivity contribution in [2.24, 2.45) is 17.6 Å². The zero-order valence-electron chi connectivity index (χ0n) is 16.9. The first-order valence-corrected chi connectivity index (χ1v) is 12.4. The molecule has 0 spiro atoms. The van der Waals surface area contributed by atoms with Crippen LogP contribution in [0.3, 0.4) is 0 Å². The summed E-state index contributed by atoms with van der Waals surface area (Å²) in [6, 6.07) is 3.06.